The molecule has 0 aliphatic rings. The summed E-state index contributed by atoms with van der Waals surface area (Å²) in [5.41, 5.74) is 3.53. The lowest BCUT2D eigenvalue weighted by atomic mass is 10.2. The molecule has 0 N–H and O–H groups in total. The van der Waals surface area contributed by atoms with E-state index in [2.05, 4.69) is 96.6 Å². The number of halogens is 2. The van der Waals surface area contributed by atoms with Gasteiger partial charge in [-0.3, -0.25) is 4.98 Å². The van der Waals surface area contributed by atoms with Gasteiger partial charge in [0.25, 0.3) is 0 Å². The molecule has 0 saturated heterocycles. The monoisotopic (exact) mass is 448 g/mol. The minimum absolute atomic E-state index is 1.11. The summed E-state index contributed by atoms with van der Waals surface area (Å²) in [7, 11) is 0. The number of hydrogen-bond donors (Lipinski definition) is 0. The Labute approximate surface area is 144 Å². The Kier molecular flexibility index (Phi) is 3.23. The van der Waals surface area contributed by atoms with Crippen molar-refractivity contribution >= 4 is 60.3 Å². The molecule has 4 rings (SSSR count). The molecule has 0 unspecified atom stereocenters. The number of rotatable bonds is 1. The van der Waals surface area contributed by atoms with E-state index in [-0.39, 0.29) is 0 Å². The van der Waals surface area contributed by atoms with Crippen LogP contribution in [0.1, 0.15) is 0 Å². The average molecular weight is 449 g/mol. The van der Waals surface area contributed by atoms with Crippen molar-refractivity contribution in [1.82, 2.24) is 9.55 Å². The molecule has 0 radical (unpaired) electrons. The van der Waals surface area contributed by atoms with Crippen LogP contribution in [0.15, 0.2) is 65.4 Å². The highest BCUT2D eigenvalue weighted by Crippen LogP contribution is 2.32. The third-order valence-electron chi connectivity index (χ3n) is 3.64. The second kappa shape index (κ2) is 5.10. The lowest BCUT2D eigenvalue weighted by molar-refractivity contribution is 1.17. The Balaban J connectivity index is 2.17. The highest BCUT2D eigenvalue weighted by atomic mass is 127. The number of benzene rings is 2. The van der Waals surface area contributed by atoms with E-state index in [1.165, 1.54) is 25.4 Å². The minimum Gasteiger partial charge on any atom is -0.309 e. The van der Waals surface area contributed by atoms with E-state index in [1.807, 2.05) is 12.4 Å². The highest BCUT2D eigenvalue weighted by Gasteiger charge is 2.12. The number of hydrogen-bond acceptors (Lipinski definition) is 1. The third-order valence-corrected chi connectivity index (χ3v) is 5.97. The average Bonchev–Trinajstić information content (AvgIpc) is 2.85. The van der Waals surface area contributed by atoms with Crippen molar-refractivity contribution in [3.05, 3.63) is 69.0 Å². The van der Waals surface area contributed by atoms with Crippen molar-refractivity contribution in [2.24, 2.45) is 0 Å². The van der Waals surface area contributed by atoms with Crippen molar-refractivity contribution in [2.45, 2.75) is 0 Å². The van der Waals surface area contributed by atoms with Crippen molar-refractivity contribution < 1.29 is 0 Å². The van der Waals surface area contributed by atoms with Gasteiger partial charge in [0.1, 0.15) is 0 Å². The van der Waals surface area contributed by atoms with Crippen molar-refractivity contribution in [3.8, 4) is 5.69 Å². The molecule has 2 heterocycles. The summed E-state index contributed by atoms with van der Waals surface area (Å²) in [6, 6.07) is 17.0. The van der Waals surface area contributed by atoms with Crippen molar-refractivity contribution in [1.29, 1.82) is 0 Å². The lowest BCUT2D eigenvalue weighted by Crippen LogP contribution is -1.94. The first-order valence-electron chi connectivity index (χ1n) is 6.54. The molecule has 0 bridgehead atoms. The summed E-state index contributed by atoms with van der Waals surface area (Å²) >= 11 is 5.96. The van der Waals surface area contributed by atoms with Crippen LogP contribution < -0.4 is 0 Å². The fourth-order valence-electron chi connectivity index (χ4n) is 2.72. The molecule has 2 aromatic carbocycles. The van der Waals surface area contributed by atoms with Gasteiger partial charge >= 0.3 is 0 Å². The van der Waals surface area contributed by atoms with E-state index in [9.17, 15) is 0 Å². The second-order valence-electron chi connectivity index (χ2n) is 4.84. The van der Waals surface area contributed by atoms with Crippen LogP contribution in [0.3, 0.4) is 0 Å². The maximum Gasteiger partial charge on any atom is 0.0571 e. The molecule has 0 fully saturated rings. The van der Waals surface area contributed by atoms with Gasteiger partial charge in [-0.2, -0.15) is 0 Å². The lowest BCUT2D eigenvalue weighted by Gasteiger charge is -2.09. The van der Waals surface area contributed by atoms with Gasteiger partial charge in [0.2, 0.25) is 0 Å². The minimum atomic E-state index is 1.11. The molecule has 0 amide bonds. The van der Waals surface area contributed by atoms with E-state index >= 15 is 0 Å². The standard InChI is InChI=1S/C17H10BrIN2/c18-14-9-11(5-6-15(14)19)21-16-4-2-1-3-12(16)13-10-20-8-7-17(13)21/h1-10H. The zero-order valence-corrected chi connectivity index (χ0v) is 14.7. The Hall–Kier alpha value is -1.40. The Morgan fingerprint density at radius 2 is 1.76 bits per heavy atom. The van der Waals surface area contributed by atoms with Gasteiger partial charge in [-0.1, -0.05) is 18.2 Å². The Bertz CT molecular complexity index is 922. The highest BCUT2D eigenvalue weighted by molar-refractivity contribution is 14.1. The van der Waals surface area contributed by atoms with Crippen molar-refractivity contribution in [3.63, 3.8) is 0 Å². The van der Waals surface area contributed by atoms with Gasteiger partial charge in [0.15, 0.2) is 0 Å². The normalized spacial score (nSPS) is 11.3. The maximum absolute atomic E-state index is 4.28. The number of pyridine rings is 1. The summed E-state index contributed by atoms with van der Waals surface area (Å²) in [5, 5.41) is 2.41. The van der Waals surface area contributed by atoms with Gasteiger partial charge in [0, 0.05) is 36.9 Å². The molecule has 0 saturated carbocycles. The Morgan fingerprint density at radius 3 is 2.62 bits per heavy atom. The first-order valence-corrected chi connectivity index (χ1v) is 8.41. The molecule has 4 aromatic rings. The summed E-state index contributed by atoms with van der Waals surface area (Å²) < 4.78 is 4.60. The molecule has 4 heteroatoms. The van der Waals surface area contributed by atoms with Crippen LogP contribution in [-0.2, 0) is 0 Å². The van der Waals surface area contributed by atoms with Gasteiger partial charge in [-0.05, 0) is 68.9 Å². The van der Waals surface area contributed by atoms with Crippen LogP contribution in [-0.4, -0.2) is 9.55 Å². The first kappa shape index (κ1) is 13.3. The number of aromatic nitrogens is 2. The quantitative estimate of drug-likeness (QED) is 0.349. The number of nitrogens with zero attached hydrogens (tertiary/aromatic N) is 2. The molecular weight excluding hydrogens is 439 g/mol. The number of para-hydroxylation sites is 1. The summed E-state index contributed by atoms with van der Waals surface area (Å²) in [6.07, 6.45) is 3.79. The van der Waals surface area contributed by atoms with E-state index in [1.54, 1.807) is 0 Å². The first-order chi connectivity index (χ1) is 10.3. The van der Waals surface area contributed by atoms with Crippen LogP contribution in [0.5, 0.6) is 0 Å². The van der Waals surface area contributed by atoms with Gasteiger partial charge in [0.05, 0.1) is 11.0 Å². The van der Waals surface area contributed by atoms with Gasteiger partial charge < -0.3 is 4.57 Å². The molecule has 21 heavy (non-hydrogen) atoms. The van der Waals surface area contributed by atoms with Crippen molar-refractivity contribution in [2.75, 3.05) is 0 Å². The molecule has 2 nitrogen and oxygen atoms in total. The van der Waals surface area contributed by atoms with E-state index in [0.717, 1.165) is 10.2 Å². The zero-order valence-electron chi connectivity index (χ0n) is 10.9. The molecule has 0 atom stereocenters. The number of fused-ring (bicyclic) bond motifs is 3. The third kappa shape index (κ3) is 2.08. The molecular formula is C17H10BrIN2. The van der Waals surface area contributed by atoms with E-state index in [4.69, 9.17) is 0 Å². The maximum atomic E-state index is 4.28. The Morgan fingerprint density at radius 1 is 0.952 bits per heavy atom. The molecule has 0 spiro atoms. The fraction of sp³-hybridized carbons (Fsp3) is 0. The SMILES string of the molecule is Brc1cc(-n2c3ccccc3c3cnccc32)ccc1I. The van der Waals surface area contributed by atoms with Crippen LogP contribution in [0.25, 0.3) is 27.5 Å². The smallest absolute Gasteiger partial charge is 0.0571 e. The second-order valence-corrected chi connectivity index (χ2v) is 6.86. The predicted octanol–water partition coefficient (Wildman–Crippen LogP) is 5.55. The molecule has 0 aliphatic carbocycles. The van der Waals surface area contributed by atoms with Crippen LogP contribution in [0.2, 0.25) is 0 Å². The molecule has 102 valence electrons. The summed E-state index contributed by atoms with van der Waals surface area (Å²) in [4.78, 5) is 4.28. The van der Waals surface area contributed by atoms with Crippen LogP contribution >= 0.6 is 38.5 Å². The largest absolute Gasteiger partial charge is 0.309 e. The summed E-state index contributed by atoms with van der Waals surface area (Å²) in [5.74, 6) is 0. The van der Waals surface area contributed by atoms with E-state index in [0.29, 0.717) is 0 Å². The van der Waals surface area contributed by atoms with E-state index < -0.39 is 0 Å². The topological polar surface area (TPSA) is 17.8 Å². The van der Waals surface area contributed by atoms with Crippen LogP contribution in [0.4, 0.5) is 0 Å². The van der Waals surface area contributed by atoms with Crippen LogP contribution in [0, 0.1) is 3.57 Å². The summed E-state index contributed by atoms with van der Waals surface area (Å²) in [6.45, 7) is 0. The predicted molar refractivity (Wildman–Crippen MR) is 99.0 cm³/mol. The van der Waals surface area contributed by atoms with Gasteiger partial charge in [-0.15, -0.1) is 0 Å². The zero-order chi connectivity index (χ0) is 14.4. The van der Waals surface area contributed by atoms with Gasteiger partial charge in [-0.25, -0.2) is 0 Å². The molecule has 0 aliphatic heterocycles. The molecule has 2 aromatic heterocycles. The fourth-order valence-corrected chi connectivity index (χ4v) is 3.42.